The summed E-state index contributed by atoms with van der Waals surface area (Å²) in [4.78, 5) is 2.61. The number of hydrogen-bond donors (Lipinski definition) is 1. The fourth-order valence-corrected chi connectivity index (χ4v) is 2.45. The summed E-state index contributed by atoms with van der Waals surface area (Å²) in [6.07, 6.45) is 2.70. The summed E-state index contributed by atoms with van der Waals surface area (Å²) < 4.78 is 27.2. The van der Waals surface area contributed by atoms with Crippen LogP contribution < -0.4 is 4.72 Å². The van der Waals surface area contributed by atoms with Crippen LogP contribution in [0, 0.1) is 0 Å². The Hall–Kier alpha value is -1.57. The molecule has 0 spiro atoms. The Labute approximate surface area is 99.3 Å². The lowest BCUT2D eigenvalue weighted by Crippen LogP contribution is -2.26. The highest BCUT2D eigenvalue weighted by molar-refractivity contribution is 7.89. The summed E-state index contributed by atoms with van der Waals surface area (Å²) in [5, 5.41) is 7.28. The summed E-state index contributed by atoms with van der Waals surface area (Å²) in [5.41, 5.74) is 8.04. The normalized spacial score (nSPS) is 11.1. The van der Waals surface area contributed by atoms with E-state index in [2.05, 4.69) is 19.8 Å². The van der Waals surface area contributed by atoms with E-state index in [1.807, 2.05) is 0 Å². The fourth-order valence-electron chi connectivity index (χ4n) is 1.26. The zero-order chi connectivity index (χ0) is 12.7. The van der Waals surface area contributed by atoms with E-state index in [9.17, 15) is 8.42 Å². The zero-order valence-electron chi connectivity index (χ0n) is 9.44. The Kier molecular flexibility index (Phi) is 4.95. The van der Waals surface area contributed by atoms with Crippen molar-refractivity contribution in [1.29, 1.82) is 0 Å². The first-order chi connectivity index (χ1) is 8.08. The second kappa shape index (κ2) is 6.24. The lowest BCUT2D eigenvalue weighted by atomic mass is 10.3. The highest BCUT2D eigenvalue weighted by atomic mass is 32.2. The van der Waals surface area contributed by atoms with Gasteiger partial charge in [0.25, 0.3) is 10.0 Å². The lowest BCUT2D eigenvalue weighted by Gasteiger charge is -2.05. The monoisotopic (exact) mass is 258 g/mol. The summed E-state index contributed by atoms with van der Waals surface area (Å²) in [6.45, 7) is 0.693. The molecule has 0 aliphatic heterocycles. The highest BCUT2D eigenvalue weighted by Crippen LogP contribution is 2.05. The number of nitrogens with one attached hydrogen (secondary N) is 1. The summed E-state index contributed by atoms with van der Waals surface area (Å²) in [5.74, 6) is 0. The van der Waals surface area contributed by atoms with Crippen LogP contribution >= 0.6 is 0 Å². The van der Waals surface area contributed by atoms with Gasteiger partial charge in [-0.1, -0.05) is 5.11 Å². The number of sulfonamides is 1. The molecule has 1 aromatic rings. The molecule has 1 heterocycles. The third-order valence-electron chi connectivity index (χ3n) is 2.09. The summed E-state index contributed by atoms with van der Waals surface area (Å²) in [7, 11) is -1.93. The van der Waals surface area contributed by atoms with Crippen molar-refractivity contribution in [2.75, 3.05) is 13.1 Å². The molecule has 0 saturated heterocycles. The Morgan fingerprint density at radius 3 is 2.94 bits per heavy atom. The van der Waals surface area contributed by atoms with Gasteiger partial charge >= 0.3 is 0 Å². The minimum atomic E-state index is -3.49. The van der Waals surface area contributed by atoms with E-state index in [4.69, 9.17) is 5.53 Å². The van der Waals surface area contributed by atoms with Crippen molar-refractivity contribution >= 4 is 10.0 Å². The van der Waals surface area contributed by atoms with E-state index in [0.29, 0.717) is 25.9 Å². The fraction of sp³-hybridized carbons (Fsp3) is 0.625. The van der Waals surface area contributed by atoms with Gasteiger partial charge in [-0.15, -0.1) is 0 Å². The number of aryl methyl sites for hydroxylation is 1. The van der Waals surface area contributed by atoms with Crippen molar-refractivity contribution in [3.05, 3.63) is 22.7 Å². The average molecular weight is 258 g/mol. The third kappa shape index (κ3) is 4.06. The number of nitrogens with zero attached hydrogens (tertiary/aromatic N) is 5. The van der Waals surface area contributed by atoms with Gasteiger partial charge < -0.3 is 0 Å². The first-order valence-corrected chi connectivity index (χ1v) is 6.55. The van der Waals surface area contributed by atoms with Gasteiger partial charge in [0.2, 0.25) is 0 Å². The summed E-state index contributed by atoms with van der Waals surface area (Å²) in [6, 6.07) is 1.43. The first-order valence-electron chi connectivity index (χ1n) is 5.06. The third-order valence-corrected chi connectivity index (χ3v) is 3.63. The smallest absolute Gasteiger partial charge is 0.256 e. The van der Waals surface area contributed by atoms with Gasteiger partial charge in [0.1, 0.15) is 0 Å². The van der Waals surface area contributed by atoms with E-state index in [0.717, 1.165) is 0 Å². The molecule has 0 amide bonds. The van der Waals surface area contributed by atoms with Crippen molar-refractivity contribution in [1.82, 2.24) is 14.5 Å². The van der Waals surface area contributed by atoms with E-state index in [-0.39, 0.29) is 5.03 Å². The van der Waals surface area contributed by atoms with Gasteiger partial charge in [-0.05, 0) is 24.4 Å². The second-order valence-electron chi connectivity index (χ2n) is 3.35. The predicted octanol–water partition coefficient (Wildman–Crippen LogP) is 0.789. The molecule has 0 aromatic carbocycles. The number of aromatic nitrogens is 2. The van der Waals surface area contributed by atoms with Crippen molar-refractivity contribution < 1.29 is 8.42 Å². The molecule has 1 rings (SSSR count). The van der Waals surface area contributed by atoms with Crippen LogP contribution in [-0.4, -0.2) is 31.3 Å². The average Bonchev–Trinajstić information content (AvgIpc) is 2.70. The maximum atomic E-state index is 11.7. The van der Waals surface area contributed by atoms with Crippen LogP contribution in [-0.2, 0) is 17.1 Å². The number of azide groups is 1. The van der Waals surface area contributed by atoms with E-state index in [1.165, 1.54) is 16.9 Å². The number of rotatable bonds is 7. The number of unbranched alkanes of at least 4 members (excludes halogenated alkanes) is 1. The van der Waals surface area contributed by atoms with E-state index >= 15 is 0 Å². The molecule has 0 fully saturated rings. The van der Waals surface area contributed by atoms with Gasteiger partial charge in [0.15, 0.2) is 5.03 Å². The van der Waals surface area contributed by atoms with Gasteiger partial charge in [-0.3, -0.25) is 4.68 Å². The molecule has 1 N–H and O–H groups in total. The number of hydrogen-bond acceptors (Lipinski definition) is 4. The molecule has 9 heteroatoms. The Balaban J connectivity index is 2.41. The van der Waals surface area contributed by atoms with Crippen LogP contribution in [0.3, 0.4) is 0 Å². The Morgan fingerprint density at radius 2 is 2.35 bits per heavy atom. The van der Waals surface area contributed by atoms with Crippen LogP contribution in [0.1, 0.15) is 12.8 Å². The topological polar surface area (TPSA) is 113 Å². The minimum Gasteiger partial charge on any atom is -0.256 e. The van der Waals surface area contributed by atoms with Crippen LogP contribution in [0.2, 0.25) is 0 Å². The van der Waals surface area contributed by atoms with Crippen molar-refractivity contribution in [2.45, 2.75) is 17.9 Å². The van der Waals surface area contributed by atoms with Crippen LogP contribution in [0.4, 0.5) is 0 Å². The SMILES string of the molecule is Cn1nccc1S(=O)(=O)NCCCCN=[N+]=[N-]. The molecule has 94 valence electrons. The molecule has 0 aliphatic rings. The molecule has 0 bridgehead atoms. The largest absolute Gasteiger partial charge is 0.257 e. The zero-order valence-corrected chi connectivity index (χ0v) is 10.3. The predicted molar refractivity (Wildman–Crippen MR) is 61.6 cm³/mol. The molecule has 17 heavy (non-hydrogen) atoms. The second-order valence-corrected chi connectivity index (χ2v) is 5.07. The maximum absolute atomic E-state index is 11.7. The Morgan fingerprint density at radius 1 is 1.59 bits per heavy atom. The van der Waals surface area contributed by atoms with Crippen molar-refractivity contribution in [3.8, 4) is 0 Å². The van der Waals surface area contributed by atoms with Gasteiger partial charge in [-0.2, -0.15) is 5.10 Å². The van der Waals surface area contributed by atoms with Crippen LogP contribution in [0.5, 0.6) is 0 Å². The van der Waals surface area contributed by atoms with Gasteiger partial charge in [-0.25, -0.2) is 13.1 Å². The molecule has 0 saturated carbocycles. The minimum absolute atomic E-state index is 0.132. The van der Waals surface area contributed by atoms with Crippen LogP contribution in [0.25, 0.3) is 10.4 Å². The molecular weight excluding hydrogens is 244 g/mol. The van der Waals surface area contributed by atoms with Crippen molar-refractivity contribution in [3.63, 3.8) is 0 Å². The lowest BCUT2D eigenvalue weighted by molar-refractivity contribution is 0.559. The molecule has 8 nitrogen and oxygen atoms in total. The first kappa shape index (κ1) is 13.5. The maximum Gasteiger partial charge on any atom is 0.257 e. The molecule has 0 aliphatic carbocycles. The molecule has 0 unspecified atom stereocenters. The molecule has 0 radical (unpaired) electrons. The quantitative estimate of drug-likeness (QED) is 0.337. The molecule has 0 atom stereocenters. The van der Waals surface area contributed by atoms with Gasteiger partial charge in [0.05, 0.1) is 6.20 Å². The van der Waals surface area contributed by atoms with E-state index < -0.39 is 10.0 Å². The highest BCUT2D eigenvalue weighted by Gasteiger charge is 2.16. The molecule has 1 aromatic heterocycles. The molecular formula is C8H14N6O2S. The van der Waals surface area contributed by atoms with Crippen LogP contribution in [0.15, 0.2) is 22.4 Å². The standard InChI is InChI=1S/C8H14N6O2S/c1-14-8(4-7-11-14)17(15,16)12-6-3-2-5-10-13-9/h4,7,12H,2-3,5-6H2,1H3. The van der Waals surface area contributed by atoms with Crippen molar-refractivity contribution in [2.24, 2.45) is 12.2 Å². The Bertz CT molecular complexity index is 502. The van der Waals surface area contributed by atoms with E-state index in [1.54, 1.807) is 7.05 Å². The summed E-state index contributed by atoms with van der Waals surface area (Å²) >= 11 is 0. The van der Waals surface area contributed by atoms with Gasteiger partial charge in [0, 0.05) is 25.0 Å².